The highest BCUT2D eigenvalue weighted by molar-refractivity contribution is 5.42. The molecule has 4 rings (SSSR count). The summed E-state index contributed by atoms with van der Waals surface area (Å²) in [6.07, 6.45) is 4.22. The van der Waals surface area contributed by atoms with Gasteiger partial charge in [0, 0.05) is 62.9 Å². The summed E-state index contributed by atoms with van der Waals surface area (Å²) in [6.45, 7) is 6.85. The van der Waals surface area contributed by atoms with E-state index in [0.717, 1.165) is 51.8 Å². The molecule has 3 heterocycles. The molecule has 1 aliphatic carbocycles. The van der Waals surface area contributed by atoms with E-state index in [1.54, 1.807) is 6.33 Å². The molecule has 2 atom stereocenters. The van der Waals surface area contributed by atoms with E-state index in [9.17, 15) is 5.11 Å². The lowest BCUT2D eigenvalue weighted by atomic mass is 9.96. The van der Waals surface area contributed by atoms with Crippen LogP contribution >= 0.6 is 0 Å². The van der Waals surface area contributed by atoms with E-state index in [1.807, 2.05) is 0 Å². The van der Waals surface area contributed by atoms with Gasteiger partial charge in [-0.05, 0) is 18.8 Å². The van der Waals surface area contributed by atoms with Gasteiger partial charge in [0.15, 0.2) is 0 Å². The van der Waals surface area contributed by atoms with E-state index in [1.165, 1.54) is 18.5 Å². The molecule has 126 valence electrons. The van der Waals surface area contributed by atoms with Crippen molar-refractivity contribution in [2.45, 2.75) is 18.8 Å². The summed E-state index contributed by atoms with van der Waals surface area (Å²) < 4.78 is 5.43. The first-order valence-electron chi connectivity index (χ1n) is 8.81. The Kier molecular flexibility index (Phi) is 4.46. The third-order valence-electron chi connectivity index (χ3n) is 5.40. The first-order chi connectivity index (χ1) is 11.3. The van der Waals surface area contributed by atoms with Crippen molar-refractivity contribution in [1.29, 1.82) is 0 Å². The lowest BCUT2D eigenvalue weighted by molar-refractivity contribution is 0.0268. The predicted octanol–water partition coefficient (Wildman–Crippen LogP) is 0.731. The van der Waals surface area contributed by atoms with Gasteiger partial charge in [0.2, 0.25) is 0 Å². The van der Waals surface area contributed by atoms with Gasteiger partial charge in [-0.25, -0.2) is 9.97 Å². The monoisotopic (exact) mass is 318 g/mol. The minimum atomic E-state index is 0.256. The topological polar surface area (TPSA) is 61.7 Å². The zero-order chi connectivity index (χ0) is 15.6. The van der Waals surface area contributed by atoms with Crippen molar-refractivity contribution in [3.05, 3.63) is 18.1 Å². The Morgan fingerprint density at radius 1 is 1.13 bits per heavy atom. The molecule has 1 saturated carbocycles. The van der Waals surface area contributed by atoms with Crippen molar-refractivity contribution < 1.29 is 9.84 Å². The van der Waals surface area contributed by atoms with Crippen LogP contribution in [0.1, 0.15) is 24.5 Å². The summed E-state index contributed by atoms with van der Waals surface area (Å²) in [5.41, 5.74) is 1.19. The molecule has 0 unspecified atom stereocenters. The van der Waals surface area contributed by atoms with E-state index < -0.39 is 0 Å². The maximum Gasteiger partial charge on any atom is 0.132 e. The molecule has 1 aromatic heterocycles. The number of nitrogens with zero attached hydrogens (tertiary/aromatic N) is 4. The smallest absolute Gasteiger partial charge is 0.132 e. The van der Waals surface area contributed by atoms with Crippen molar-refractivity contribution in [3.63, 3.8) is 0 Å². The van der Waals surface area contributed by atoms with Gasteiger partial charge in [0.1, 0.15) is 12.1 Å². The lowest BCUT2D eigenvalue weighted by Crippen LogP contribution is -2.41. The predicted molar refractivity (Wildman–Crippen MR) is 87.5 cm³/mol. The average Bonchev–Trinajstić information content (AvgIpc) is 3.37. The Labute approximate surface area is 137 Å². The fraction of sp³-hybridized carbons (Fsp3) is 0.765. The molecule has 6 heteroatoms. The summed E-state index contributed by atoms with van der Waals surface area (Å²) >= 11 is 0. The maximum absolute atomic E-state index is 9.78. The summed E-state index contributed by atoms with van der Waals surface area (Å²) in [4.78, 5) is 13.7. The van der Waals surface area contributed by atoms with Crippen molar-refractivity contribution in [1.82, 2.24) is 14.9 Å². The molecule has 0 amide bonds. The molecular weight excluding hydrogens is 292 g/mol. The minimum Gasteiger partial charge on any atom is -0.396 e. The Balaban J connectivity index is 1.43. The van der Waals surface area contributed by atoms with Gasteiger partial charge in [-0.15, -0.1) is 0 Å². The van der Waals surface area contributed by atoms with Crippen LogP contribution in [0.2, 0.25) is 0 Å². The normalized spacial score (nSPS) is 29.2. The summed E-state index contributed by atoms with van der Waals surface area (Å²) in [7, 11) is 0. The summed E-state index contributed by atoms with van der Waals surface area (Å²) in [6, 6.07) is 2.16. The highest BCUT2D eigenvalue weighted by atomic mass is 16.5. The van der Waals surface area contributed by atoms with Crippen LogP contribution in [0, 0.1) is 11.8 Å². The Bertz CT molecular complexity index is 531. The minimum absolute atomic E-state index is 0.256. The number of hydrogen-bond acceptors (Lipinski definition) is 6. The number of ether oxygens (including phenoxy) is 1. The van der Waals surface area contributed by atoms with Crippen molar-refractivity contribution in [2.75, 3.05) is 57.4 Å². The van der Waals surface area contributed by atoms with E-state index >= 15 is 0 Å². The fourth-order valence-electron chi connectivity index (χ4n) is 3.79. The molecule has 0 bridgehead atoms. The number of aromatic nitrogens is 2. The largest absolute Gasteiger partial charge is 0.396 e. The second kappa shape index (κ2) is 6.71. The second-order valence-corrected chi connectivity index (χ2v) is 7.10. The number of aliphatic hydroxyl groups is 1. The van der Waals surface area contributed by atoms with Crippen LogP contribution < -0.4 is 4.90 Å². The highest BCUT2D eigenvalue weighted by Gasteiger charge is 2.35. The van der Waals surface area contributed by atoms with Gasteiger partial charge >= 0.3 is 0 Å². The van der Waals surface area contributed by atoms with E-state index in [0.29, 0.717) is 17.8 Å². The fourth-order valence-corrected chi connectivity index (χ4v) is 3.79. The molecule has 1 N–H and O–H groups in total. The lowest BCUT2D eigenvalue weighted by Gasteiger charge is -2.30. The van der Waals surface area contributed by atoms with Crippen molar-refractivity contribution >= 4 is 5.82 Å². The zero-order valence-corrected chi connectivity index (χ0v) is 13.6. The van der Waals surface area contributed by atoms with Crippen molar-refractivity contribution in [3.8, 4) is 0 Å². The highest BCUT2D eigenvalue weighted by Crippen LogP contribution is 2.40. The number of rotatable bonds is 5. The first kappa shape index (κ1) is 15.3. The molecule has 6 nitrogen and oxygen atoms in total. The third kappa shape index (κ3) is 3.49. The SMILES string of the molecule is OC[C@@H]1CN(c2cc(C3CC3)ncn2)C[C@@H]1CN1CCOCC1. The molecule has 2 saturated heterocycles. The second-order valence-electron chi connectivity index (χ2n) is 7.10. The summed E-state index contributed by atoms with van der Waals surface area (Å²) in [5, 5.41) is 9.78. The quantitative estimate of drug-likeness (QED) is 0.864. The molecule has 0 spiro atoms. The third-order valence-corrected chi connectivity index (χ3v) is 5.40. The maximum atomic E-state index is 9.78. The standard InChI is InChI=1S/C17H26N4O2/c22-11-15-10-21(9-14(15)8-20-3-5-23-6-4-20)17-7-16(13-1-2-13)18-12-19-17/h7,12-15,22H,1-6,8-11H2/t14-,15-/m0/s1. The van der Waals surface area contributed by atoms with Crippen LogP contribution in [0.5, 0.6) is 0 Å². The van der Waals surface area contributed by atoms with Crippen LogP contribution in [0.3, 0.4) is 0 Å². The molecule has 2 aliphatic heterocycles. The van der Waals surface area contributed by atoms with Crippen LogP contribution in [0.25, 0.3) is 0 Å². The number of anilines is 1. The molecule has 1 aromatic rings. The first-order valence-corrected chi connectivity index (χ1v) is 8.81. The number of morpholine rings is 1. The van der Waals surface area contributed by atoms with Crippen LogP contribution in [0.4, 0.5) is 5.82 Å². The number of hydrogen-bond donors (Lipinski definition) is 1. The molecular formula is C17H26N4O2. The Hall–Kier alpha value is -1.24. The van der Waals surface area contributed by atoms with Gasteiger partial charge < -0.3 is 14.7 Å². The van der Waals surface area contributed by atoms with Crippen LogP contribution in [-0.2, 0) is 4.74 Å². The van der Waals surface area contributed by atoms with Gasteiger partial charge in [-0.2, -0.15) is 0 Å². The molecule has 3 fully saturated rings. The zero-order valence-electron chi connectivity index (χ0n) is 13.6. The van der Waals surface area contributed by atoms with Gasteiger partial charge in [0.25, 0.3) is 0 Å². The molecule has 23 heavy (non-hydrogen) atoms. The van der Waals surface area contributed by atoms with Crippen LogP contribution in [0.15, 0.2) is 12.4 Å². The average molecular weight is 318 g/mol. The number of aliphatic hydroxyl groups excluding tert-OH is 1. The van der Waals surface area contributed by atoms with E-state index in [2.05, 4.69) is 25.8 Å². The van der Waals surface area contributed by atoms with Gasteiger partial charge in [0.05, 0.1) is 13.2 Å². The molecule has 3 aliphatic rings. The van der Waals surface area contributed by atoms with Gasteiger partial charge in [-0.3, -0.25) is 4.90 Å². The Morgan fingerprint density at radius 2 is 1.91 bits per heavy atom. The van der Waals surface area contributed by atoms with Crippen LogP contribution in [-0.4, -0.2) is 72.5 Å². The van der Waals surface area contributed by atoms with Crippen molar-refractivity contribution in [2.24, 2.45) is 11.8 Å². The molecule has 0 aromatic carbocycles. The van der Waals surface area contributed by atoms with Gasteiger partial charge in [-0.1, -0.05) is 0 Å². The summed E-state index contributed by atoms with van der Waals surface area (Å²) in [5.74, 6) is 2.51. The molecule has 0 radical (unpaired) electrons. The van der Waals surface area contributed by atoms with E-state index in [4.69, 9.17) is 4.74 Å². The Morgan fingerprint density at radius 3 is 2.65 bits per heavy atom. The van der Waals surface area contributed by atoms with E-state index in [-0.39, 0.29) is 6.61 Å².